The molecule has 0 radical (unpaired) electrons. The van der Waals surface area contributed by atoms with E-state index in [1.807, 2.05) is 36.4 Å². The first kappa shape index (κ1) is 20.9. The Labute approximate surface area is 186 Å². The summed E-state index contributed by atoms with van der Waals surface area (Å²) in [5, 5.41) is 7.51. The van der Waals surface area contributed by atoms with Crippen LogP contribution in [-0.2, 0) is 14.8 Å². The van der Waals surface area contributed by atoms with Crippen molar-refractivity contribution in [2.45, 2.75) is 23.7 Å². The molecule has 0 atom stereocenters. The van der Waals surface area contributed by atoms with Gasteiger partial charge in [0.25, 0.3) is 5.91 Å². The van der Waals surface area contributed by atoms with E-state index < -0.39 is 10.0 Å². The lowest BCUT2D eigenvalue weighted by atomic mass is 10.2. The molecule has 0 spiro atoms. The van der Waals surface area contributed by atoms with E-state index in [9.17, 15) is 13.2 Å². The van der Waals surface area contributed by atoms with Gasteiger partial charge in [0.15, 0.2) is 0 Å². The van der Waals surface area contributed by atoms with Crippen molar-refractivity contribution in [2.75, 3.05) is 31.6 Å². The van der Waals surface area contributed by atoms with Gasteiger partial charge in [-0.1, -0.05) is 24.3 Å². The van der Waals surface area contributed by atoms with Gasteiger partial charge in [-0.2, -0.15) is 9.40 Å². The lowest BCUT2D eigenvalue weighted by Crippen LogP contribution is -2.40. The number of hydrogen-bond donors (Lipinski definition) is 1. The number of carbonyl (C=O) groups is 1. The summed E-state index contributed by atoms with van der Waals surface area (Å²) in [5.41, 5.74) is 2.54. The highest BCUT2D eigenvalue weighted by molar-refractivity contribution is 7.89. The molecule has 8 nitrogen and oxygen atoms in total. The second-order valence-electron chi connectivity index (χ2n) is 7.97. The Morgan fingerprint density at radius 2 is 1.75 bits per heavy atom. The van der Waals surface area contributed by atoms with Crippen LogP contribution in [-0.4, -0.2) is 54.7 Å². The first-order chi connectivity index (χ1) is 15.5. The molecule has 32 heavy (non-hydrogen) atoms. The fourth-order valence-electron chi connectivity index (χ4n) is 3.77. The van der Waals surface area contributed by atoms with Gasteiger partial charge in [0.1, 0.15) is 5.69 Å². The summed E-state index contributed by atoms with van der Waals surface area (Å²) in [5.74, 6) is 0.0580. The van der Waals surface area contributed by atoms with Crippen LogP contribution in [0.1, 0.15) is 34.9 Å². The third-order valence-corrected chi connectivity index (χ3v) is 7.55. The molecule has 2 heterocycles. The van der Waals surface area contributed by atoms with Crippen LogP contribution in [0.25, 0.3) is 5.69 Å². The zero-order valence-electron chi connectivity index (χ0n) is 17.5. The van der Waals surface area contributed by atoms with Gasteiger partial charge in [-0.05, 0) is 49.2 Å². The number of nitrogens with one attached hydrogen (secondary N) is 1. The summed E-state index contributed by atoms with van der Waals surface area (Å²) in [7, 11) is -3.65. The Hall–Kier alpha value is -3.01. The summed E-state index contributed by atoms with van der Waals surface area (Å²) in [6.07, 6.45) is 2.16. The molecule has 1 N–H and O–H groups in total. The molecule has 1 aliphatic carbocycles. The van der Waals surface area contributed by atoms with Crippen LogP contribution in [0.3, 0.4) is 0 Å². The molecule has 1 amide bonds. The van der Waals surface area contributed by atoms with E-state index in [1.165, 1.54) is 10.4 Å². The van der Waals surface area contributed by atoms with Crippen molar-refractivity contribution < 1.29 is 17.9 Å². The minimum atomic E-state index is -3.65. The fraction of sp³-hybridized carbons (Fsp3) is 0.304. The molecule has 1 aliphatic heterocycles. The van der Waals surface area contributed by atoms with Crippen molar-refractivity contribution in [3.05, 3.63) is 72.1 Å². The zero-order valence-corrected chi connectivity index (χ0v) is 18.3. The number of amides is 1. The van der Waals surface area contributed by atoms with Gasteiger partial charge in [0.05, 0.1) is 29.5 Å². The molecule has 2 fully saturated rings. The Balaban J connectivity index is 1.42. The third-order valence-electron chi connectivity index (χ3n) is 5.66. The Morgan fingerprint density at radius 1 is 1.00 bits per heavy atom. The Bertz CT molecular complexity index is 1230. The van der Waals surface area contributed by atoms with Gasteiger partial charge >= 0.3 is 0 Å². The Kier molecular flexibility index (Phi) is 5.54. The number of benzene rings is 2. The van der Waals surface area contributed by atoms with E-state index in [4.69, 9.17) is 4.74 Å². The number of hydrogen-bond acceptors (Lipinski definition) is 5. The number of para-hydroxylation sites is 1. The van der Waals surface area contributed by atoms with Crippen molar-refractivity contribution in [3.8, 4) is 5.69 Å². The van der Waals surface area contributed by atoms with Crippen LogP contribution in [0.5, 0.6) is 0 Å². The fourth-order valence-corrected chi connectivity index (χ4v) is 5.23. The number of anilines is 1. The topological polar surface area (TPSA) is 93.5 Å². The molecular weight excluding hydrogens is 428 g/mol. The third kappa shape index (κ3) is 4.19. The van der Waals surface area contributed by atoms with Crippen molar-refractivity contribution in [1.82, 2.24) is 14.1 Å². The Morgan fingerprint density at radius 3 is 2.47 bits per heavy atom. The second kappa shape index (κ2) is 8.50. The van der Waals surface area contributed by atoms with Crippen LogP contribution in [0.2, 0.25) is 0 Å². The number of aromatic nitrogens is 2. The van der Waals surface area contributed by atoms with Crippen LogP contribution in [0, 0.1) is 0 Å². The maximum Gasteiger partial charge on any atom is 0.274 e. The monoisotopic (exact) mass is 452 g/mol. The number of sulfonamides is 1. The van der Waals surface area contributed by atoms with Crippen molar-refractivity contribution in [3.63, 3.8) is 0 Å². The first-order valence-electron chi connectivity index (χ1n) is 10.7. The van der Waals surface area contributed by atoms with E-state index in [2.05, 4.69) is 10.4 Å². The highest BCUT2D eigenvalue weighted by Gasteiger charge is 2.30. The van der Waals surface area contributed by atoms with Crippen molar-refractivity contribution in [1.29, 1.82) is 0 Å². The quantitative estimate of drug-likeness (QED) is 0.621. The average molecular weight is 453 g/mol. The van der Waals surface area contributed by atoms with Gasteiger partial charge in [0.2, 0.25) is 10.0 Å². The summed E-state index contributed by atoms with van der Waals surface area (Å²) < 4.78 is 34.2. The highest BCUT2D eigenvalue weighted by Crippen LogP contribution is 2.39. The van der Waals surface area contributed by atoms with Gasteiger partial charge in [-0.25, -0.2) is 13.1 Å². The minimum Gasteiger partial charge on any atom is -0.379 e. The van der Waals surface area contributed by atoms with Crippen molar-refractivity contribution >= 4 is 21.6 Å². The van der Waals surface area contributed by atoms with Gasteiger partial charge in [0, 0.05) is 24.7 Å². The molecule has 0 bridgehead atoms. The molecule has 3 aromatic rings. The first-order valence-corrected chi connectivity index (χ1v) is 12.1. The normalized spacial score (nSPS) is 17.2. The molecule has 5 rings (SSSR count). The van der Waals surface area contributed by atoms with Crippen LogP contribution in [0.4, 0.5) is 5.69 Å². The molecule has 0 unspecified atom stereocenters. The maximum atomic E-state index is 13.2. The zero-order chi connectivity index (χ0) is 22.1. The number of nitrogens with zero attached hydrogens (tertiary/aromatic N) is 3. The van der Waals surface area contributed by atoms with Gasteiger partial charge in [-0.3, -0.25) is 4.79 Å². The number of rotatable bonds is 6. The van der Waals surface area contributed by atoms with Crippen LogP contribution in [0.15, 0.2) is 65.6 Å². The molecule has 2 aromatic carbocycles. The van der Waals surface area contributed by atoms with E-state index >= 15 is 0 Å². The van der Waals surface area contributed by atoms with Crippen LogP contribution < -0.4 is 5.32 Å². The molecule has 1 saturated carbocycles. The molecule has 9 heteroatoms. The van der Waals surface area contributed by atoms with E-state index in [-0.39, 0.29) is 10.8 Å². The summed E-state index contributed by atoms with van der Waals surface area (Å²) in [6, 6.07) is 17.7. The number of ether oxygens (including phenoxy) is 1. The highest BCUT2D eigenvalue weighted by atomic mass is 32.2. The lowest BCUT2D eigenvalue weighted by molar-refractivity contribution is 0.0730. The molecule has 2 aliphatic rings. The maximum absolute atomic E-state index is 13.2. The van der Waals surface area contributed by atoms with E-state index in [0.717, 1.165) is 24.2 Å². The number of morpholine rings is 1. The average Bonchev–Trinajstić information content (AvgIpc) is 3.58. The molecule has 166 valence electrons. The lowest BCUT2D eigenvalue weighted by Gasteiger charge is -2.26. The molecular formula is C23H24N4O4S. The summed E-state index contributed by atoms with van der Waals surface area (Å²) in [4.78, 5) is 13.3. The van der Waals surface area contributed by atoms with Gasteiger partial charge in [-0.15, -0.1) is 0 Å². The minimum absolute atomic E-state index is 0.146. The number of carbonyl (C=O) groups excluding carboxylic acids is 1. The van der Waals surface area contributed by atoms with E-state index in [0.29, 0.717) is 43.6 Å². The second-order valence-corrected chi connectivity index (χ2v) is 9.91. The van der Waals surface area contributed by atoms with E-state index in [1.54, 1.807) is 22.9 Å². The molecule has 1 saturated heterocycles. The summed E-state index contributed by atoms with van der Waals surface area (Å²) >= 11 is 0. The predicted octanol–water partition coefficient (Wildman–Crippen LogP) is 3.02. The standard InChI is InChI=1S/C23H24N4O4S/c28-23(22-16-21(17-9-10-17)25-27(22)19-6-2-1-3-7-19)24-18-5-4-8-20(15-18)32(29,30)26-11-13-31-14-12-26/h1-8,15-17H,9-14H2,(H,24,28). The smallest absolute Gasteiger partial charge is 0.274 e. The van der Waals surface area contributed by atoms with Gasteiger partial charge < -0.3 is 10.1 Å². The van der Waals surface area contributed by atoms with Crippen molar-refractivity contribution in [2.24, 2.45) is 0 Å². The predicted molar refractivity (Wildman–Crippen MR) is 120 cm³/mol. The van der Waals surface area contributed by atoms with Crippen LogP contribution >= 0.6 is 0 Å². The summed E-state index contributed by atoms with van der Waals surface area (Å²) in [6.45, 7) is 1.39. The largest absolute Gasteiger partial charge is 0.379 e. The molecule has 1 aromatic heterocycles. The SMILES string of the molecule is O=C(Nc1cccc(S(=O)(=O)N2CCOCC2)c1)c1cc(C2CC2)nn1-c1ccccc1.